The van der Waals surface area contributed by atoms with Crippen molar-refractivity contribution in [3.8, 4) is 11.5 Å². The molecule has 1 amide bonds. The Morgan fingerprint density at radius 3 is 2.43 bits per heavy atom. The van der Waals surface area contributed by atoms with E-state index in [2.05, 4.69) is 5.32 Å². The molecule has 2 rings (SSSR count). The van der Waals surface area contributed by atoms with Gasteiger partial charge < -0.3 is 25.0 Å². The molecular weight excluding hydrogens is 390 g/mol. The molecule has 9 nitrogen and oxygen atoms in total. The number of hydrogen-bond acceptors (Lipinski definition) is 7. The van der Waals surface area contributed by atoms with Crippen LogP contribution in [0.25, 0.3) is 0 Å². The lowest BCUT2D eigenvalue weighted by Gasteiger charge is -2.12. The van der Waals surface area contributed by atoms with Crippen LogP contribution >= 0.6 is 11.3 Å². The van der Waals surface area contributed by atoms with Crippen molar-refractivity contribution in [2.75, 3.05) is 18.5 Å². The Morgan fingerprint density at radius 1 is 1.14 bits per heavy atom. The Balaban J connectivity index is 2.15. The van der Waals surface area contributed by atoms with E-state index >= 15 is 0 Å². The van der Waals surface area contributed by atoms with E-state index in [0.29, 0.717) is 29.8 Å². The molecule has 1 aromatic heterocycles. The van der Waals surface area contributed by atoms with E-state index < -0.39 is 24.5 Å². The average Bonchev–Trinajstić information content (AvgIpc) is 2.97. The van der Waals surface area contributed by atoms with E-state index in [1.807, 2.05) is 0 Å². The summed E-state index contributed by atoms with van der Waals surface area (Å²) in [6.45, 7) is 2.95. The number of carboxylic acids is 2. The van der Waals surface area contributed by atoms with E-state index in [4.69, 9.17) is 14.6 Å². The first kappa shape index (κ1) is 20.9. The second-order valence-electron chi connectivity index (χ2n) is 5.46. The zero-order chi connectivity index (χ0) is 20.8. The molecule has 0 spiro atoms. The Bertz CT molecular complexity index is 934. The Labute approximate surface area is 163 Å². The highest BCUT2D eigenvalue weighted by Gasteiger charge is 2.25. The van der Waals surface area contributed by atoms with E-state index in [0.717, 1.165) is 0 Å². The molecule has 2 aromatic rings. The van der Waals surface area contributed by atoms with Gasteiger partial charge in [0.15, 0.2) is 18.1 Å². The molecule has 0 bridgehead atoms. The van der Waals surface area contributed by atoms with Crippen LogP contribution in [-0.4, -0.2) is 47.6 Å². The van der Waals surface area contributed by atoms with Gasteiger partial charge in [0.25, 0.3) is 5.91 Å². The smallest absolute Gasteiger partial charge is 0.346 e. The fourth-order valence-electron chi connectivity index (χ4n) is 2.35. The van der Waals surface area contributed by atoms with E-state index in [1.54, 1.807) is 6.92 Å². The van der Waals surface area contributed by atoms with Crippen LogP contribution in [0.15, 0.2) is 18.2 Å². The molecule has 1 heterocycles. The SMILES string of the molecule is CCOc1cc(C=O)ccc1OCC(=O)Nc1sc(C(=O)O)c(C)c1C(=O)O. The molecular formula is C18H17NO8S. The lowest BCUT2D eigenvalue weighted by molar-refractivity contribution is -0.118. The summed E-state index contributed by atoms with van der Waals surface area (Å²) in [5.74, 6) is -2.79. The number of amides is 1. The van der Waals surface area contributed by atoms with Crippen LogP contribution in [-0.2, 0) is 4.79 Å². The van der Waals surface area contributed by atoms with E-state index in [1.165, 1.54) is 25.1 Å². The van der Waals surface area contributed by atoms with Gasteiger partial charge >= 0.3 is 11.9 Å². The number of anilines is 1. The maximum Gasteiger partial charge on any atom is 0.346 e. The Hall–Kier alpha value is -3.40. The monoisotopic (exact) mass is 407 g/mol. The van der Waals surface area contributed by atoms with Gasteiger partial charge in [-0.25, -0.2) is 9.59 Å². The molecule has 10 heteroatoms. The van der Waals surface area contributed by atoms with Crippen molar-refractivity contribution < 1.29 is 38.9 Å². The first-order valence-corrected chi connectivity index (χ1v) is 8.84. The fourth-order valence-corrected chi connectivity index (χ4v) is 3.41. The van der Waals surface area contributed by atoms with Gasteiger partial charge in [0, 0.05) is 5.56 Å². The van der Waals surface area contributed by atoms with Crippen molar-refractivity contribution in [1.82, 2.24) is 0 Å². The molecule has 0 fully saturated rings. The first-order valence-electron chi connectivity index (χ1n) is 8.03. The predicted molar refractivity (Wildman–Crippen MR) is 100 cm³/mol. The van der Waals surface area contributed by atoms with E-state index in [-0.39, 0.29) is 32.5 Å². The lowest BCUT2D eigenvalue weighted by Crippen LogP contribution is -2.21. The third kappa shape index (κ3) is 4.65. The van der Waals surface area contributed by atoms with Crippen molar-refractivity contribution in [3.63, 3.8) is 0 Å². The van der Waals surface area contributed by atoms with Gasteiger partial charge in [-0.2, -0.15) is 0 Å². The third-order valence-electron chi connectivity index (χ3n) is 3.57. The molecule has 1 aromatic carbocycles. The minimum Gasteiger partial charge on any atom is -0.490 e. The summed E-state index contributed by atoms with van der Waals surface area (Å²) >= 11 is 0.657. The number of thiophene rings is 1. The van der Waals surface area contributed by atoms with Gasteiger partial charge in [-0.3, -0.25) is 9.59 Å². The first-order chi connectivity index (χ1) is 13.3. The number of aldehydes is 1. The Kier molecular flexibility index (Phi) is 6.72. The number of hydrogen-bond donors (Lipinski definition) is 3. The minimum atomic E-state index is -1.35. The van der Waals surface area contributed by atoms with Crippen LogP contribution in [0.1, 0.15) is 42.9 Å². The quantitative estimate of drug-likeness (QED) is 0.539. The fraction of sp³-hybridized carbons (Fsp3) is 0.222. The molecule has 0 aliphatic rings. The summed E-state index contributed by atoms with van der Waals surface area (Å²) in [5, 5.41) is 20.7. The minimum absolute atomic E-state index is 0.0595. The zero-order valence-corrected chi connectivity index (χ0v) is 15.8. The number of ether oxygens (including phenoxy) is 2. The number of carboxylic acid groups (broad SMARTS) is 2. The van der Waals surface area contributed by atoms with Crippen molar-refractivity contribution in [1.29, 1.82) is 0 Å². The molecule has 0 aliphatic heterocycles. The van der Waals surface area contributed by atoms with Crippen molar-refractivity contribution in [2.24, 2.45) is 0 Å². The highest BCUT2D eigenvalue weighted by atomic mass is 32.1. The molecule has 0 unspecified atom stereocenters. The number of carbonyl (C=O) groups is 4. The standard InChI is InChI=1S/C18H17NO8S/c1-3-26-12-6-10(7-20)4-5-11(12)27-8-13(21)19-16-14(17(22)23)9(2)15(28-16)18(24)25/h4-7H,3,8H2,1-2H3,(H,19,21)(H,22,23)(H,24,25). The number of rotatable bonds is 9. The summed E-state index contributed by atoms with van der Waals surface area (Å²) in [4.78, 5) is 45.5. The van der Waals surface area contributed by atoms with Crippen molar-refractivity contribution >= 4 is 40.5 Å². The van der Waals surface area contributed by atoms with Crippen molar-refractivity contribution in [3.05, 3.63) is 39.8 Å². The molecule has 0 atom stereocenters. The maximum absolute atomic E-state index is 12.2. The molecule has 148 valence electrons. The summed E-state index contributed by atoms with van der Waals surface area (Å²) in [6, 6.07) is 4.43. The second-order valence-corrected chi connectivity index (χ2v) is 6.49. The summed E-state index contributed by atoms with van der Waals surface area (Å²) in [6.07, 6.45) is 0.644. The summed E-state index contributed by atoms with van der Waals surface area (Å²) in [7, 11) is 0. The normalized spacial score (nSPS) is 10.2. The van der Waals surface area contributed by atoms with Crippen LogP contribution in [0.4, 0.5) is 5.00 Å². The molecule has 0 saturated heterocycles. The van der Waals surface area contributed by atoms with Gasteiger partial charge in [-0.15, -0.1) is 11.3 Å². The largest absolute Gasteiger partial charge is 0.490 e. The molecule has 28 heavy (non-hydrogen) atoms. The van der Waals surface area contributed by atoms with E-state index in [9.17, 15) is 24.3 Å². The number of benzene rings is 1. The zero-order valence-electron chi connectivity index (χ0n) is 15.0. The van der Waals surface area contributed by atoms with Crippen LogP contribution < -0.4 is 14.8 Å². The van der Waals surface area contributed by atoms with Crippen molar-refractivity contribution in [2.45, 2.75) is 13.8 Å². The van der Waals surface area contributed by atoms with Crippen LogP contribution in [0.5, 0.6) is 11.5 Å². The second kappa shape index (κ2) is 9.00. The molecule has 0 radical (unpaired) electrons. The van der Waals surface area contributed by atoms with Gasteiger partial charge in [0.1, 0.15) is 16.2 Å². The lowest BCUT2D eigenvalue weighted by atomic mass is 10.1. The summed E-state index contributed by atoms with van der Waals surface area (Å²) in [5.41, 5.74) is 0.159. The predicted octanol–water partition coefficient (Wildman–Crippen LogP) is 2.68. The average molecular weight is 407 g/mol. The topological polar surface area (TPSA) is 139 Å². The molecule has 0 saturated carbocycles. The molecule has 0 aliphatic carbocycles. The number of nitrogens with one attached hydrogen (secondary N) is 1. The molecule has 3 N–H and O–H groups in total. The van der Waals surface area contributed by atoms with Crippen LogP contribution in [0.3, 0.4) is 0 Å². The van der Waals surface area contributed by atoms with Gasteiger partial charge in [0.05, 0.1) is 12.2 Å². The number of aromatic carboxylic acids is 2. The van der Waals surface area contributed by atoms with Crippen LogP contribution in [0, 0.1) is 6.92 Å². The Morgan fingerprint density at radius 2 is 1.86 bits per heavy atom. The maximum atomic E-state index is 12.2. The van der Waals surface area contributed by atoms with Gasteiger partial charge in [-0.1, -0.05) is 0 Å². The highest BCUT2D eigenvalue weighted by Crippen LogP contribution is 2.33. The van der Waals surface area contributed by atoms with Gasteiger partial charge in [-0.05, 0) is 37.6 Å². The van der Waals surface area contributed by atoms with Gasteiger partial charge in [0.2, 0.25) is 0 Å². The third-order valence-corrected chi connectivity index (χ3v) is 4.77. The summed E-state index contributed by atoms with van der Waals surface area (Å²) < 4.78 is 10.8. The number of carbonyl (C=O) groups excluding carboxylic acids is 2. The highest BCUT2D eigenvalue weighted by molar-refractivity contribution is 7.18. The van der Waals surface area contributed by atoms with Crippen LogP contribution in [0.2, 0.25) is 0 Å².